The quantitative estimate of drug-likeness (QED) is 0.744. The minimum Gasteiger partial charge on any atom is -0.381 e. The van der Waals surface area contributed by atoms with Crippen LogP contribution in [0.4, 0.5) is 11.8 Å². The second kappa shape index (κ2) is 6.50. The average Bonchev–Trinajstić information content (AvgIpc) is 3.23. The molecule has 0 spiro atoms. The predicted octanol–water partition coefficient (Wildman–Crippen LogP) is 2.73. The Hall–Kier alpha value is -2.38. The summed E-state index contributed by atoms with van der Waals surface area (Å²) in [6, 6.07) is 7.58. The molecule has 1 aromatic carbocycles. The Labute approximate surface area is 150 Å². The third-order valence-corrected chi connectivity index (χ3v) is 4.60. The molecule has 0 aliphatic carbocycles. The summed E-state index contributed by atoms with van der Waals surface area (Å²) in [5.41, 5.74) is 8.65. The maximum Gasteiger partial charge on any atom is 0.222 e. The van der Waals surface area contributed by atoms with Gasteiger partial charge in [0.2, 0.25) is 5.95 Å². The fourth-order valence-corrected chi connectivity index (χ4v) is 3.23. The smallest absolute Gasteiger partial charge is 0.222 e. The summed E-state index contributed by atoms with van der Waals surface area (Å²) >= 11 is 6.03. The Kier molecular flexibility index (Phi) is 4.19. The number of hydrogen-bond acceptors (Lipinski definition) is 6. The zero-order valence-corrected chi connectivity index (χ0v) is 14.6. The number of aromatic amines is 1. The van der Waals surface area contributed by atoms with Crippen LogP contribution in [0.1, 0.15) is 23.9 Å². The monoisotopic (exact) mass is 358 g/mol. The van der Waals surface area contributed by atoms with E-state index in [4.69, 9.17) is 22.1 Å². The van der Waals surface area contributed by atoms with Crippen LogP contribution in [0, 0.1) is 0 Å². The molecule has 2 aromatic heterocycles. The third kappa shape index (κ3) is 3.38. The minimum atomic E-state index is 0.280. The van der Waals surface area contributed by atoms with Crippen molar-refractivity contribution >= 4 is 34.4 Å². The molecule has 0 unspecified atom stereocenters. The molecule has 0 bridgehead atoms. The van der Waals surface area contributed by atoms with Gasteiger partial charge in [0.15, 0.2) is 0 Å². The van der Waals surface area contributed by atoms with E-state index in [0.29, 0.717) is 18.2 Å². The van der Waals surface area contributed by atoms with Crippen molar-refractivity contribution in [1.82, 2.24) is 19.9 Å². The molecule has 0 amide bonds. The zero-order valence-electron chi connectivity index (χ0n) is 13.9. The molecule has 8 heteroatoms. The fourth-order valence-electron chi connectivity index (χ4n) is 3.06. The summed E-state index contributed by atoms with van der Waals surface area (Å²) in [7, 11) is 1.96. The molecule has 4 rings (SSSR count). The van der Waals surface area contributed by atoms with E-state index in [1.165, 1.54) is 0 Å². The summed E-state index contributed by atoms with van der Waals surface area (Å²) in [6.45, 7) is 2.02. The number of halogens is 1. The maximum absolute atomic E-state index is 6.03. The van der Waals surface area contributed by atoms with Crippen LogP contribution in [0.2, 0.25) is 5.02 Å². The van der Waals surface area contributed by atoms with Crippen molar-refractivity contribution in [2.24, 2.45) is 0 Å². The van der Waals surface area contributed by atoms with Crippen LogP contribution in [-0.2, 0) is 11.3 Å². The highest BCUT2D eigenvalue weighted by molar-refractivity contribution is 6.31. The fraction of sp³-hybridized carbons (Fsp3) is 0.353. The van der Waals surface area contributed by atoms with E-state index in [2.05, 4.69) is 19.9 Å². The number of H-pyrrole nitrogens is 1. The SMILES string of the molecule is CN(Cc1nc2ccc(Cl)cc2[nH]1)c1cc([C@@H]2CCOC2)nc(N)n1. The first-order valence-electron chi connectivity index (χ1n) is 8.16. The van der Waals surface area contributed by atoms with Crippen LogP contribution >= 0.6 is 11.6 Å². The van der Waals surface area contributed by atoms with E-state index in [-0.39, 0.29) is 11.9 Å². The Balaban J connectivity index is 1.58. The van der Waals surface area contributed by atoms with Gasteiger partial charge in [0.1, 0.15) is 11.6 Å². The summed E-state index contributed by atoms with van der Waals surface area (Å²) in [5.74, 6) is 2.17. The second-order valence-electron chi connectivity index (χ2n) is 6.27. The molecule has 1 atom stereocenters. The Bertz CT molecular complexity index is 905. The number of aromatic nitrogens is 4. The molecule has 3 aromatic rings. The summed E-state index contributed by atoms with van der Waals surface area (Å²) in [4.78, 5) is 18.6. The number of anilines is 2. The van der Waals surface area contributed by atoms with Gasteiger partial charge in [-0.1, -0.05) is 11.6 Å². The van der Waals surface area contributed by atoms with Crippen molar-refractivity contribution < 1.29 is 4.74 Å². The largest absolute Gasteiger partial charge is 0.381 e. The van der Waals surface area contributed by atoms with Crippen molar-refractivity contribution in [1.29, 1.82) is 0 Å². The Morgan fingerprint density at radius 3 is 3.00 bits per heavy atom. The lowest BCUT2D eigenvalue weighted by Gasteiger charge is -2.18. The molecule has 1 aliphatic heterocycles. The molecule has 1 aliphatic rings. The van der Waals surface area contributed by atoms with Crippen LogP contribution in [0.15, 0.2) is 24.3 Å². The highest BCUT2D eigenvalue weighted by Crippen LogP contribution is 2.27. The van der Waals surface area contributed by atoms with E-state index < -0.39 is 0 Å². The van der Waals surface area contributed by atoms with Gasteiger partial charge in [-0.25, -0.2) is 9.97 Å². The number of benzene rings is 1. The summed E-state index contributed by atoms with van der Waals surface area (Å²) < 4.78 is 5.45. The van der Waals surface area contributed by atoms with Crippen molar-refractivity contribution in [3.8, 4) is 0 Å². The number of imidazole rings is 1. The van der Waals surface area contributed by atoms with E-state index in [1.54, 1.807) is 0 Å². The first-order chi connectivity index (χ1) is 12.1. The van der Waals surface area contributed by atoms with Gasteiger partial charge in [0, 0.05) is 30.7 Å². The number of hydrogen-bond donors (Lipinski definition) is 2. The van der Waals surface area contributed by atoms with Gasteiger partial charge < -0.3 is 20.4 Å². The van der Waals surface area contributed by atoms with Gasteiger partial charge in [-0.3, -0.25) is 0 Å². The van der Waals surface area contributed by atoms with Crippen LogP contribution in [-0.4, -0.2) is 40.2 Å². The number of fused-ring (bicyclic) bond motifs is 1. The van der Waals surface area contributed by atoms with Crippen molar-refractivity contribution in [2.45, 2.75) is 18.9 Å². The lowest BCUT2D eigenvalue weighted by atomic mass is 10.0. The van der Waals surface area contributed by atoms with Crippen molar-refractivity contribution in [2.75, 3.05) is 30.9 Å². The second-order valence-corrected chi connectivity index (χ2v) is 6.71. The van der Waals surface area contributed by atoms with E-state index in [9.17, 15) is 0 Å². The Morgan fingerprint density at radius 2 is 2.20 bits per heavy atom. The molecule has 1 fully saturated rings. The first-order valence-corrected chi connectivity index (χ1v) is 8.54. The molecule has 0 radical (unpaired) electrons. The van der Waals surface area contributed by atoms with Crippen LogP contribution < -0.4 is 10.6 Å². The maximum atomic E-state index is 6.03. The predicted molar refractivity (Wildman–Crippen MR) is 97.8 cm³/mol. The highest BCUT2D eigenvalue weighted by Gasteiger charge is 2.21. The number of nitrogen functional groups attached to an aromatic ring is 1. The third-order valence-electron chi connectivity index (χ3n) is 4.37. The van der Waals surface area contributed by atoms with Crippen molar-refractivity contribution in [3.63, 3.8) is 0 Å². The van der Waals surface area contributed by atoms with Gasteiger partial charge in [-0.2, -0.15) is 4.98 Å². The van der Waals surface area contributed by atoms with E-state index >= 15 is 0 Å². The molecular weight excluding hydrogens is 340 g/mol. The number of ether oxygens (including phenoxy) is 1. The van der Waals surface area contributed by atoms with Crippen LogP contribution in [0.25, 0.3) is 11.0 Å². The normalized spacial score (nSPS) is 17.3. The van der Waals surface area contributed by atoms with E-state index in [1.807, 2.05) is 36.2 Å². The average molecular weight is 359 g/mol. The molecule has 25 heavy (non-hydrogen) atoms. The van der Waals surface area contributed by atoms with Gasteiger partial charge >= 0.3 is 0 Å². The number of nitrogens with zero attached hydrogens (tertiary/aromatic N) is 4. The molecule has 7 nitrogen and oxygen atoms in total. The molecule has 3 N–H and O–H groups in total. The zero-order chi connectivity index (χ0) is 17.4. The number of rotatable bonds is 4. The van der Waals surface area contributed by atoms with Gasteiger partial charge in [0.25, 0.3) is 0 Å². The molecule has 3 heterocycles. The van der Waals surface area contributed by atoms with Crippen LogP contribution in [0.5, 0.6) is 0 Å². The number of nitrogens with two attached hydrogens (primary N) is 1. The molecular formula is C17H19ClN6O. The van der Waals surface area contributed by atoms with Gasteiger partial charge in [-0.05, 0) is 24.6 Å². The highest BCUT2D eigenvalue weighted by atomic mass is 35.5. The Morgan fingerprint density at radius 1 is 1.32 bits per heavy atom. The number of nitrogens with one attached hydrogen (secondary N) is 1. The summed E-state index contributed by atoms with van der Waals surface area (Å²) in [5, 5.41) is 0.683. The molecule has 1 saturated heterocycles. The minimum absolute atomic E-state index is 0.280. The molecule has 0 saturated carbocycles. The lowest BCUT2D eigenvalue weighted by molar-refractivity contribution is 0.193. The topological polar surface area (TPSA) is 93.0 Å². The standard InChI is InChI=1S/C17H19ClN6O/c1-24(8-15-20-12-3-2-11(18)6-14(12)21-15)16-7-13(22-17(19)23-16)10-4-5-25-9-10/h2-3,6-7,10H,4-5,8-9H2,1H3,(H,20,21)(H2,19,22,23)/t10-/m1/s1. The molecule has 130 valence electrons. The van der Waals surface area contributed by atoms with Crippen LogP contribution in [0.3, 0.4) is 0 Å². The van der Waals surface area contributed by atoms with Crippen molar-refractivity contribution in [3.05, 3.63) is 40.8 Å². The van der Waals surface area contributed by atoms with E-state index in [0.717, 1.165) is 41.4 Å². The first kappa shape index (κ1) is 16.1. The summed E-state index contributed by atoms with van der Waals surface area (Å²) in [6.07, 6.45) is 0.962. The lowest BCUT2D eigenvalue weighted by Crippen LogP contribution is -2.20. The van der Waals surface area contributed by atoms with Gasteiger partial charge in [-0.15, -0.1) is 0 Å². The van der Waals surface area contributed by atoms with Gasteiger partial charge in [0.05, 0.1) is 29.9 Å².